The summed E-state index contributed by atoms with van der Waals surface area (Å²) in [7, 11) is -2.72. The first-order valence-corrected chi connectivity index (χ1v) is 9.26. The predicted octanol–water partition coefficient (Wildman–Crippen LogP) is 2.08. The number of aromatic nitrogens is 1. The summed E-state index contributed by atoms with van der Waals surface area (Å²) in [5.41, 5.74) is 1.59. The van der Waals surface area contributed by atoms with Crippen LogP contribution in [0.25, 0.3) is 0 Å². The molecule has 1 heterocycles. The normalized spacial score (nSPS) is 11.3. The fourth-order valence-electron chi connectivity index (χ4n) is 1.84. The van der Waals surface area contributed by atoms with Gasteiger partial charge >= 0.3 is 0 Å². The number of nitrogens with zero attached hydrogens (tertiary/aromatic N) is 2. The number of carbonyl (C=O) groups excluding carboxylic acids is 1. The highest BCUT2D eigenvalue weighted by molar-refractivity contribution is 9.10. The molecule has 0 saturated heterocycles. The maximum atomic E-state index is 12.2. The minimum absolute atomic E-state index is 0.190. The number of hydrogen-bond acceptors (Lipinski definition) is 5. The third-order valence-corrected chi connectivity index (χ3v) is 5.13. The van der Waals surface area contributed by atoms with Crippen LogP contribution in [-0.4, -0.2) is 23.8 Å². The molecule has 0 unspecified atom stereocenters. The minimum atomic E-state index is -4.33. The Balaban J connectivity index is 2.25. The molecule has 12 heteroatoms. The third kappa shape index (κ3) is 4.01. The fourth-order valence-corrected chi connectivity index (χ4v) is 3.71. The molecule has 24 heavy (non-hydrogen) atoms. The summed E-state index contributed by atoms with van der Waals surface area (Å²) in [5, 5.41) is 11.0. The third-order valence-electron chi connectivity index (χ3n) is 2.91. The molecule has 128 valence electrons. The highest BCUT2D eigenvalue weighted by Gasteiger charge is 2.26. The molecule has 9 nitrogen and oxygen atoms in total. The quantitative estimate of drug-likeness (QED) is 0.499. The molecule has 0 aliphatic carbocycles. The number of hydrazine groups is 1. The summed E-state index contributed by atoms with van der Waals surface area (Å²) in [5.74, 6) is -0.716. The Labute approximate surface area is 153 Å². The zero-order valence-electron chi connectivity index (χ0n) is 12.0. The summed E-state index contributed by atoms with van der Waals surface area (Å²) in [6.45, 7) is 0. The molecular weight excluding hydrogens is 472 g/mol. The van der Waals surface area contributed by atoms with Crippen molar-refractivity contribution in [2.75, 3.05) is 0 Å². The van der Waals surface area contributed by atoms with E-state index in [9.17, 15) is 23.3 Å². The van der Waals surface area contributed by atoms with E-state index in [-0.39, 0.29) is 5.69 Å². The molecule has 2 rings (SSSR count). The molecule has 1 amide bonds. The summed E-state index contributed by atoms with van der Waals surface area (Å²) in [6.07, 6.45) is 1.61. The van der Waals surface area contributed by atoms with Crippen LogP contribution in [0.4, 0.5) is 5.69 Å². The van der Waals surface area contributed by atoms with Gasteiger partial charge in [-0.05, 0) is 34.1 Å². The molecule has 0 bridgehead atoms. The van der Waals surface area contributed by atoms with Gasteiger partial charge in [0.15, 0.2) is 4.90 Å². The molecule has 0 radical (unpaired) electrons. The van der Waals surface area contributed by atoms with Crippen molar-refractivity contribution in [3.63, 3.8) is 0 Å². The first-order chi connectivity index (χ1) is 11.1. The van der Waals surface area contributed by atoms with Crippen molar-refractivity contribution in [1.82, 2.24) is 14.8 Å². The van der Waals surface area contributed by atoms with Crippen LogP contribution in [0.3, 0.4) is 0 Å². The van der Waals surface area contributed by atoms with Crippen molar-refractivity contribution in [3.05, 3.63) is 55.2 Å². The van der Waals surface area contributed by atoms with Gasteiger partial charge in [0.2, 0.25) is 0 Å². The molecule has 0 aliphatic heterocycles. The smallest absolute Gasteiger partial charge is 0.290 e. The van der Waals surface area contributed by atoms with Crippen molar-refractivity contribution in [3.8, 4) is 0 Å². The number of nitrogens with one attached hydrogen (secondary N) is 2. The molecule has 0 saturated carbocycles. The van der Waals surface area contributed by atoms with Gasteiger partial charge in [0.05, 0.1) is 4.92 Å². The number of sulfonamides is 1. The van der Waals surface area contributed by atoms with E-state index in [0.717, 1.165) is 12.1 Å². The van der Waals surface area contributed by atoms with Crippen LogP contribution >= 0.6 is 31.9 Å². The Hall–Kier alpha value is -1.76. The van der Waals surface area contributed by atoms with Crippen molar-refractivity contribution >= 4 is 53.5 Å². The lowest BCUT2D eigenvalue weighted by Crippen LogP contribution is -2.42. The van der Waals surface area contributed by atoms with Crippen LogP contribution in [0.1, 0.15) is 10.5 Å². The highest BCUT2D eigenvalue weighted by Crippen LogP contribution is 2.27. The van der Waals surface area contributed by atoms with Crippen molar-refractivity contribution in [1.29, 1.82) is 0 Å². The van der Waals surface area contributed by atoms with Crippen LogP contribution < -0.4 is 10.3 Å². The van der Waals surface area contributed by atoms with Crippen LogP contribution in [0.15, 0.2) is 44.3 Å². The van der Waals surface area contributed by atoms with E-state index in [4.69, 9.17) is 0 Å². The standard InChI is InChI=1S/C12H10Br2N4O5S/c1-17-6-8(14)5-10(17)12(19)15-16-24(22,23)11-3-2-7(13)4-9(11)18(20)21/h2-6,16H,1H3,(H,15,19). The second kappa shape index (κ2) is 7.01. The molecule has 2 aromatic rings. The molecular formula is C12H10Br2N4O5S. The largest absolute Gasteiger partial charge is 0.345 e. The number of halogens is 2. The summed E-state index contributed by atoms with van der Waals surface area (Å²) < 4.78 is 26.9. The van der Waals surface area contributed by atoms with Crippen LogP contribution in [0.5, 0.6) is 0 Å². The van der Waals surface area contributed by atoms with Gasteiger partial charge in [-0.25, -0.2) is 8.42 Å². The molecule has 0 fully saturated rings. The number of nitro groups is 1. The van der Waals surface area contributed by atoms with Gasteiger partial charge in [0.25, 0.3) is 21.6 Å². The van der Waals surface area contributed by atoms with E-state index in [1.807, 2.05) is 10.3 Å². The molecule has 0 aliphatic rings. The SMILES string of the molecule is Cn1cc(Br)cc1C(=O)NNS(=O)(=O)c1ccc(Br)cc1[N+](=O)[O-]. The molecule has 1 aromatic carbocycles. The lowest BCUT2D eigenvalue weighted by Gasteiger charge is -2.09. The Bertz CT molecular complexity index is 926. The van der Waals surface area contributed by atoms with Gasteiger partial charge in [-0.15, -0.1) is 4.83 Å². The number of hydrogen-bond donors (Lipinski definition) is 2. The Morgan fingerprint density at radius 3 is 2.46 bits per heavy atom. The number of aryl methyl sites for hydroxylation is 1. The minimum Gasteiger partial charge on any atom is -0.345 e. The summed E-state index contributed by atoms with van der Waals surface area (Å²) >= 11 is 6.23. The number of benzene rings is 1. The van der Waals surface area contributed by atoms with Crippen molar-refractivity contribution in [2.24, 2.45) is 7.05 Å². The van der Waals surface area contributed by atoms with Crippen LogP contribution in [0.2, 0.25) is 0 Å². The van der Waals surface area contributed by atoms with Crippen LogP contribution in [0, 0.1) is 10.1 Å². The highest BCUT2D eigenvalue weighted by atomic mass is 79.9. The van der Waals surface area contributed by atoms with E-state index in [1.165, 1.54) is 16.7 Å². The van der Waals surface area contributed by atoms with Gasteiger partial charge in [0, 0.05) is 28.3 Å². The van der Waals surface area contributed by atoms with Gasteiger partial charge in [-0.3, -0.25) is 20.3 Å². The Morgan fingerprint density at radius 1 is 1.25 bits per heavy atom. The van der Waals surface area contributed by atoms with E-state index in [0.29, 0.717) is 8.95 Å². The molecule has 1 aromatic heterocycles. The van der Waals surface area contributed by atoms with E-state index < -0.39 is 31.4 Å². The lowest BCUT2D eigenvalue weighted by atomic mass is 10.3. The zero-order valence-corrected chi connectivity index (χ0v) is 16.0. The predicted molar refractivity (Wildman–Crippen MR) is 91.7 cm³/mol. The van der Waals surface area contributed by atoms with Gasteiger partial charge < -0.3 is 4.57 Å². The Kier molecular flexibility index (Phi) is 5.42. The Morgan fingerprint density at radius 2 is 1.92 bits per heavy atom. The van der Waals surface area contributed by atoms with Crippen LogP contribution in [-0.2, 0) is 17.1 Å². The monoisotopic (exact) mass is 480 g/mol. The average molecular weight is 482 g/mol. The second-order valence-corrected chi connectivity index (χ2v) is 8.07. The maximum Gasteiger partial charge on any atom is 0.290 e. The van der Waals surface area contributed by atoms with Gasteiger partial charge in [0.1, 0.15) is 5.69 Å². The lowest BCUT2D eigenvalue weighted by molar-refractivity contribution is -0.387. The summed E-state index contributed by atoms with van der Waals surface area (Å²) in [6, 6.07) is 4.96. The van der Waals surface area contributed by atoms with E-state index in [1.54, 1.807) is 13.2 Å². The van der Waals surface area contributed by atoms with Gasteiger partial charge in [-0.1, -0.05) is 15.9 Å². The molecule has 0 atom stereocenters. The number of amides is 1. The fraction of sp³-hybridized carbons (Fsp3) is 0.0833. The number of nitro benzene ring substituents is 1. The molecule has 0 spiro atoms. The van der Waals surface area contributed by atoms with Crippen molar-refractivity contribution < 1.29 is 18.1 Å². The topological polar surface area (TPSA) is 123 Å². The average Bonchev–Trinajstić information content (AvgIpc) is 2.83. The van der Waals surface area contributed by atoms with E-state index in [2.05, 4.69) is 31.9 Å². The van der Waals surface area contributed by atoms with Crippen molar-refractivity contribution in [2.45, 2.75) is 4.90 Å². The number of carbonyl (C=O) groups is 1. The first-order valence-electron chi connectivity index (χ1n) is 6.20. The first kappa shape index (κ1) is 18.6. The van der Waals surface area contributed by atoms with E-state index >= 15 is 0 Å². The maximum absolute atomic E-state index is 12.2. The van der Waals surface area contributed by atoms with Gasteiger partial charge in [-0.2, -0.15) is 0 Å². The number of rotatable bonds is 5. The second-order valence-electron chi connectivity index (χ2n) is 4.58. The summed E-state index contributed by atoms with van der Waals surface area (Å²) in [4.78, 5) is 23.5. The molecule has 2 N–H and O–H groups in total. The zero-order chi connectivity index (χ0) is 18.1.